The summed E-state index contributed by atoms with van der Waals surface area (Å²) in [5, 5.41) is 9.14. The predicted molar refractivity (Wildman–Crippen MR) is 93.6 cm³/mol. The highest BCUT2D eigenvalue weighted by atomic mass is 16.5. The van der Waals surface area contributed by atoms with Gasteiger partial charge in [0.2, 0.25) is 0 Å². The molecule has 2 aromatic heterocycles. The molecule has 1 N–H and O–H groups in total. The van der Waals surface area contributed by atoms with Crippen LogP contribution in [0.1, 0.15) is 24.2 Å². The Morgan fingerprint density at radius 2 is 1.92 bits per heavy atom. The number of anilines is 1. The Bertz CT molecular complexity index is 867. The number of ether oxygens (including phenoxy) is 1. The van der Waals surface area contributed by atoms with E-state index in [1.165, 1.54) is 0 Å². The minimum absolute atomic E-state index is 0.380. The monoisotopic (exact) mass is 323 g/mol. The van der Waals surface area contributed by atoms with Crippen molar-refractivity contribution in [3.8, 4) is 5.95 Å². The van der Waals surface area contributed by atoms with Gasteiger partial charge in [-0.3, -0.25) is 0 Å². The maximum atomic E-state index is 5.45. The average molecular weight is 323 g/mol. The molecule has 0 aliphatic carbocycles. The fraction of sp³-hybridized carbons (Fsp3) is 0.389. The third kappa shape index (κ3) is 2.85. The summed E-state index contributed by atoms with van der Waals surface area (Å²) in [7, 11) is 0. The molecule has 0 unspecified atom stereocenters. The van der Waals surface area contributed by atoms with Gasteiger partial charge in [-0.05, 0) is 44.9 Å². The minimum atomic E-state index is 0.380. The zero-order chi connectivity index (χ0) is 16.5. The first-order valence-electron chi connectivity index (χ1n) is 8.35. The number of para-hydroxylation sites is 1. The average Bonchev–Trinajstić information content (AvgIpc) is 2.94. The van der Waals surface area contributed by atoms with E-state index in [1.807, 2.05) is 38.1 Å². The SMILES string of the molecule is Cc1cc(C)n(-c2nc(NC3CCOCC3)c3ccccc3n2)n1. The summed E-state index contributed by atoms with van der Waals surface area (Å²) < 4.78 is 7.25. The number of nitrogens with one attached hydrogen (secondary N) is 1. The second-order valence-corrected chi connectivity index (χ2v) is 6.26. The van der Waals surface area contributed by atoms with Gasteiger partial charge < -0.3 is 10.1 Å². The van der Waals surface area contributed by atoms with E-state index in [2.05, 4.69) is 16.5 Å². The Labute approximate surface area is 140 Å². The lowest BCUT2D eigenvalue weighted by Crippen LogP contribution is -2.28. The van der Waals surface area contributed by atoms with Crippen molar-refractivity contribution in [3.05, 3.63) is 41.7 Å². The van der Waals surface area contributed by atoms with Gasteiger partial charge in [0.15, 0.2) is 0 Å². The minimum Gasteiger partial charge on any atom is -0.381 e. The molecule has 1 fully saturated rings. The number of fused-ring (bicyclic) bond motifs is 1. The van der Waals surface area contributed by atoms with Crippen LogP contribution in [0.3, 0.4) is 0 Å². The van der Waals surface area contributed by atoms with Gasteiger partial charge in [-0.1, -0.05) is 12.1 Å². The van der Waals surface area contributed by atoms with Gasteiger partial charge in [0.05, 0.1) is 11.2 Å². The molecule has 0 saturated carbocycles. The first-order chi connectivity index (χ1) is 11.7. The molecule has 0 amide bonds. The van der Waals surface area contributed by atoms with Crippen molar-refractivity contribution in [2.45, 2.75) is 32.7 Å². The molecule has 1 aromatic carbocycles. The summed E-state index contributed by atoms with van der Waals surface area (Å²) in [6, 6.07) is 10.5. The van der Waals surface area contributed by atoms with Gasteiger partial charge >= 0.3 is 0 Å². The highest BCUT2D eigenvalue weighted by Crippen LogP contribution is 2.24. The molecule has 1 aliphatic rings. The molecular weight excluding hydrogens is 302 g/mol. The van der Waals surface area contributed by atoms with Crippen molar-refractivity contribution in [3.63, 3.8) is 0 Å². The van der Waals surface area contributed by atoms with Crippen LogP contribution in [0, 0.1) is 13.8 Å². The summed E-state index contributed by atoms with van der Waals surface area (Å²) in [4.78, 5) is 9.47. The Morgan fingerprint density at radius 3 is 2.67 bits per heavy atom. The Morgan fingerprint density at radius 1 is 1.12 bits per heavy atom. The number of rotatable bonds is 3. The first kappa shape index (κ1) is 15.1. The summed E-state index contributed by atoms with van der Waals surface area (Å²) in [5.41, 5.74) is 2.91. The fourth-order valence-corrected chi connectivity index (χ4v) is 3.14. The number of hydrogen-bond donors (Lipinski definition) is 1. The Balaban J connectivity index is 1.80. The Kier molecular flexibility index (Phi) is 3.90. The molecule has 6 heteroatoms. The van der Waals surface area contributed by atoms with Gasteiger partial charge in [0, 0.05) is 30.3 Å². The third-order valence-corrected chi connectivity index (χ3v) is 4.35. The number of benzene rings is 1. The van der Waals surface area contributed by atoms with Crippen molar-refractivity contribution in [1.82, 2.24) is 19.7 Å². The molecule has 0 atom stereocenters. The summed E-state index contributed by atoms with van der Waals surface area (Å²) >= 11 is 0. The van der Waals surface area contributed by atoms with Gasteiger partial charge in [-0.25, -0.2) is 9.67 Å². The molecule has 0 radical (unpaired) electrons. The summed E-state index contributed by atoms with van der Waals surface area (Å²) in [6.45, 7) is 5.59. The van der Waals surface area contributed by atoms with E-state index >= 15 is 0 Å². The normalized spacial score (nSPS) is 15.8. The summed E-state index contributed by atoms with van der Waals surface area (Å²) in [5.74, 6) is 1.48. The topological polar surface area (TPSA) is 64.9 Å². The number of aryl methyl sites for hydroxylation is 2. The second-order valence-electron chi connectivity index (χ2n) is 6.26. The van der Waals surface area contributed by atoms with E-state index in [0.29, 0.717) is 12.0 Å². The van der Waals surface area contributed by atoms with Crippen molar-refractivity contribution >= 4 is 16.7 Å². The maximum Gasteiger partial charge on any atom is 0.253 e. The van der Waals surface area contributed by atoms with Crippen LogP contribution in [0.4, 0.5) is 5.82 Å². The van der Waals surface area contributed by atoms with Crippen LogP contribution >= 0.6 is 0 Å². The first-order valence-corrected chi connectivity index (χ1v) is 8.35. The van der Waals surface area contributed by atoms with Crippen LogP contribution in [-0.2, 0) is 4.74 Å². The smallest absolute Gasteiger partial charge is 0.253 e. The molecule has 3 aromatic rings. The van der Waals surface area contributed by atoms with Crippen LogP contribution in [0.2, 0.25) is 0 Å². The van der Waals surface area contributed by atoms with E-state index in [4.69, 9.17) is 14.7 Å². The van der Waals surface area contributed by atoms with Gasteiger partial charge in [-0.2, -0.15) is 10.1 Å². The largest absolute Gasteiger partial charge is 0.381 e. The molecule has 6 nitrogen and oxygen atoms in total. The van der Waals surface area contributed by atoms with Crippen molar-refractivity contribution in [2.75, 3.05) is 18.5 Å². The molecule has 3 heterocycles. The van der Waals surface area contributed by atoms with E-state index < -0.39 is 0 Å². The van der Waals surface area contributed by atoms with Gasteiger partial charge in [0.1, 0.15) is 5.82 Å². The fourth-order valence-electron chi connectivity index (χ4n) is 3.14. The van der Waals surface area contributed by atoms with E-state index in [1.54, 1.807) is 4.68 Å². The Hall–Kier alpha value is -2.47. The lowest BCUT2D eigenvalue weighted by molar-refractivity contribution is 0.0904. The lowest BCUT2D eigenvalue weighted by Gasteiger charge is -2.24. The number of aromatic nitrogens is 4. The van der Waals surface area contributed by atoms with Crippen LogP contribution in [-0.4, -0.2) is 39.0 Å². The quantitative estimate of drug-likeness (QED) is 0.802. The van der Waals surface area contributed by atoms with Crippen molar-refractivity contribution in [2.24, 2.45) is 0 Å². The second kappa shape index (κ2) is 6.20. The molecule has 1 aliphatic heterocycles. The highest BCUT2D eigenvalue weighted by Gasteiger charge is 2.17. The van der Waals surface area contributed by atoms with E-state index in [9.17, 15) is 0 Å². The maximum absolute atomic E-state index is 5.45. The zero-order valence-electron chi connectivity index (χ0n) is 14.0. The lowest BCUT2D eigenvalue weighted by atomic mass is 10.1. The third-order valence-electron chi connectivity index (χ3n) is 4.35. The van der Waals surface area contributed by atoms with Crippen molar-refractivity contribution in [1.29, 1.82) is 0 Å². The highest BCUT2D eigenvalue weighted by molar-refractivity contribution is 5.89. The zero-order valence-corrected chi connectivity index (χ0v) is 14.0. The molecule has 24 heavy (non-hydrogen) atoms. The van der Waals surface area contributed by atoms with Gasteiger partial charge in [-0.15, -0.1) is 0 Å². The predicted octanol–water partition coefficient (Wildman–Crippen LogP) is 3.02. The van der Waals surface area contributed by atoms with E-state index in [-0.39, 0.29) is 0 Å². The standard InChI is InChI=1S/C18H21N5O/c1-12-11-13(2)23(22-12)18-20-16-6-4-3-5-15(16)17(21-18)19-14-7-9-24-10-8-14/h3-6,11,14H,7-10H2,1-2H3,(H,19,20,21). The molecule has 0 bridgehead atoms. The number of hydrogen-bond acceptors (Lipinski definition) is 5. The number of nitrogens with zero attached hydrogens (tertiary/aromatic N) is 4. The summed E-state index contributed by atoms with van der Waals surface area (Å²) in [6.07, 6.45) is 1.99. The molecule has 124 valence electrons. The molecule has 1 saturated heterocycles. The van der Waals surface area contributed by atoms with Crippen LogP contribution < -0.4 is 5.32 Å². The molecule has 4 rings (SSSR count). The van der Waals surface area contributed by atoms with E-state index in [0.717, 1.165) is 54.2 Å². The van der Waals surface area contributed by atoms with Crippen molar-refractivity contribution < 1.29 is 4.74 Å². The van der Waals surface area contributed by atoms with Crippen LogP contribution in [0.5, 0.6) is 0 Å². The van der Waals surface area contributed by atoms with Crippen LogP contribution in [0.25, 0.3) is 16.9 Å². The van der Waals surface area contributed by atoms with Gasteiger partial charge in [0.25, 0.3) is 5.95 Å². The van der Waals surface area contributed by atoms with Crippen LogP contribution in [0.15, 0.2) is 30.3 Å². The molecule has 0 spiro atoms. The molecular formula is C18H21N5O.